The first-order valence-corrected chi connectivity index (χ1v) is 7.24. The molecule has 5 heteroatoms. The second-order valence-corrected chi connectivity index (χ2v) is 5.67. The standard InChI is InChI=1S/C16H14BrF2NO/c1-10(11-3-2-4-13(17)7-11)20-16(21)8-12-5-6-14(18)9-15(12)19/h2-7,9-10H,8H2,1H3,(H,20,21). The van der Waals surface area contributed by atoms with Crippen molar-refractivity contribution in [3.05, 3.63) is 69.7 Å². The maximum atomic E-state index is 13.5. The largest absolute Gasteiger partial charge is 0.349 e. The number of halogens is 3. The SMILES string of the molecule is CC(NC(=O)Cc1ccc(F)cc1F)c1cccc(Br)c1. The summed E-state index contributed by atoms with van der Waals surface area (Å²) in [6.07, 6.45) is -0.121. The lowest BCUT2D eigenvalue weighted by Crippen LogP contribution is -2.28. The molecule has 2 aromatic rings. The van der Waals surface area contributed by atoms with Crippen LogP contribution in [0.15, 0.2) is 46.9 Å². The Labute approximate surface area is 130 Å². The summed E-state index contributed by atoms with van der Waals surface area (Å²) in [6.45, 7) is 1.85. The van der Waals surface area contributed by atoms with Crippen molar-refractivity contribution in [2.24, 2.45) is 0 Å². The van der Waals surface area contributed by atoms with Crippen molar-refractivity contribution in [1.82, 2.24) is 5.32 Å². The van der Waals surface area contributed by atoms with Gasteiger partial charge in [0.15, 0.2) is 0 Å². The van der Waals surface area contributed by atoms with Crippen molar-refractivity contribution in [3.63, 3.8) is 0 Å². The summed E-state index contributed by atoms with van der Waals surface area (Å²) in [7, 11) is 0. The number of hydrogen-bond acceptors (Lipinski definition) is 1. The summed E-state index contributed by atoms with van der Waals surface area (Å²) in [5, 5.41) is 2.79. The molecule has 0 radical (unpaired) electrons. The Morgan fingerprint density at radius 2 is 2.00 bits per heavy atom. The molecule has 0 saturated heterocycles. The van der Waals surface area contributed by atoms with Crippen LogP contribution in [-0.2, 0) is 11.2 Å². The highest BCUT2D eigenvalue weighted by atomic mass is 79.9. The fourth-order valence-electron chi connectivity index (χ4n) is 1.99. The highest BCUT2D eigenvalue weighted by Crippen LogP contribution is 2.18. The fourth-order valence-corrected chi connectivity index (χ4v) is 2.41. The molecule has 0 heterocycles. The van der Waals surface area contributed by atoms with Crippen LogP contribution in [0.4, 0.5) is 8.78 Å². The molecule has 0 aromatic heterocycles. The van der Waals surface area contributed by atoms with E-state index in [1.54, 1.807) is 0 Å². The second-order valence-electron chi connectivity index (χ2n) is 4.76. The van der Waals surface area contributed by atoms with Gasteiger partial charge in [-0.1, -0.05) is 34.1 Å². The van der Waals surface area contributed by atoms with Gasteiger partial charge in [0.2, 0.25) is 5.91 Å². The Hall–Kier alpha value is -1.75. The average Bonchev–Trinajstić information content (AvgIpc) is 2.42. The lowest BCUT2D eigenvalue weighted by atomic mass is 10.1. The lowest BCUT2D eigenvalue weighted by Gasteiger charge is -2.15. The molecule has 0 aliphatic heterocycles. The van der Waals surface area contributed by atoms with Crippen LogP contribution in [0.25, 0.3) is 0 Å². The number of benzene rings is 2. The van der Waals surface area contributed by atoms with Gasteiger partial charge >= 0.3 is 0 Å². The van der Waals surface area contributed by atoms with E-state index in [0.29, 0.717) is 0 Å². The van der Waals surface area contributed by atoms with Crippen LogP contribution in [0.2, 0.25) is 0 Å². The van der Waals surface area contributed by atoms with E-state index in [2.05, 4.69) is 21.2 Å². The van der Waals surface area contributed by atoms with E-state index in [1.807, 2.05) is 31.2 Å². The Morgan fingerprint density at radius 1 is 1.24 bits per heavy atom. The quantitative estimate of drug-likeness (QED) is 0.878. The zero-order valence-corrected chi connectivity index (χ0v) is 13.0. The van der Waals surface area contributed by atoms with Crippen LogP contribution in [0, 0.1) is 11.6 Å². The van der Waals surface area contributed by atoms with Gasteiger partial charge in [-0.3, -0.25) is 4.79 Å². The van der Waals surface area contributed by atoms with Gasteiger partial charge in [-0.15, -0.1) is 0 Å². The van der Waals surface area contributed by atoms with Crippen molar-refractivity contribution >= 4 is 21.8 Å². The Balaban J connectivity index is 2.01. The monoisotopic (exact) mass is 353 g/mol. The molecular formula is C16H14BrF2NO. The van der Waals surface area contributed by atoms with Gasteiger partial charge in [0, 0.05) is 10.5 Å². The third-order valence-corrected chi connectivity index (χ3v) is 3.59. The lowest BCUT2D eigenvalue weighted by molar-refractivity contribution is -0.121. The molecule has 1 N–H and O–H groups in total. The van der Waals surface area contributed by atoms with Crippen LogP contribution in [-0.4, -0.2) is 5.91 Å². The van der Waals surface area contributed by atoms with E-state index in [-0.39, 0.29) is 23.9 Å². The van der Waals surface area contributed by atoms with Crippen LogP contribution in [0.1, 0.15) is 24.1 Å². The molecule has 1 amide bonds. The number of carbonyl (C=O) groups is 1. The number of hydrogen-bond donors (Lipinski definition) is 1. The highest BCUT2D eigenvalue weighted by molar-refractivity contribution is 9.10. The van der Waals surface area contributed by atoms with Gasteiger partial charge in [-0.2, -0.15) is 0 Å². The van der Waals surface area contributed by atoms with Gasteiger partial charge < -0.3 is 5.32 Å². The molecule has 1 atom stereocenters. The molecular weight excluding hydrogens is 340 g/mol. The first-order chi connectivity index (χ1) is 9.95. The molecule has 2 aromatic carbocycles. The minimum absolute atomic E-state index is 0.121. The maximum Gasteiger partial charge on any atom is 0.225 e. The maximum absolute atomic E-state index is 13.5. The van der Waals surface area contributed by atoms with Gasteiger partial charge in [0.1, 0.15) is 11.6 Å². The Morgan fingerprint density at radius 3 is 2.67 bits per heavy atom. The molecule has 0 aliphatic rings. The third-order valence-electron chi connectivity index (χ3n) is 3.09. The summed E-state index contributed by atoms with van der Waals surface area (Å²) in [4.78, 5) is 11.9. The first kappa shape index (κ1) is 15.6. The number of carbonyl (C=O) groups excluding carboxylic acids is 1. The molecule has 0 bridgehead atoms. The number of nitrogens with one attached hydrogen (secondary N) is 1. The van der Waals surface area contributed by atoms with Gasteiger partial charge in [-0.05, 0) is 36.2 Å². The van der Waals surface area contributed by atoms with Crippen LogP contribution >= 0.6 is 15.9 Å². The predicted molar refractivity (Wildman–Crippen MR) is 80.8 cm³/mol. The van der Waals surface area contributed by atoms with E-state index < -0.39 is 11.6 Å². The Kier molecular flexibility index (Phi) is 5.07. The molecule has 0 aliphatic carbocycles. The summed E-state index contributed by atoms with van der Waals surface area (Å²) in [5.74, 6) is -1.67. The molecule has 110 valence electrons. The van der Waals surface area contributed by atoms with E-state index in [1.165, 1.54) is 6.07 Å². The number of amides is 1. The average molecular weight is 354 g/mol. The summed E-state index contributed by atoms with van der Waals surface area (Å²) in [5.41, 5.74) is 1.12. The topological polar surface area (TPSA) is 29.1 Å². The smallest absolute Gasteiger partial charge is 0.225 e. The number of rotatable bonds is 4. The van der Waals surface area contributed by atoms with Gasteiger partial charge in [0.05, 0.1) is 12.5 Å². The van der Waals surface area contributed by atoms with Gasteiger partial charge in [0.25, 0.3) is 0 Å². The van der Waals surface area contributed by atoms with Crippen molar-refractivity contribution in [2.45, 2.75) is 19.4 Å². The zero-order valence-electron chi connectivity index (χ0n) is 11.4. The van der Waals surface area contributed by atoms with Crippen LogP contribution < -0.4 is 5.32 Å². The zero-order chi connectivity index (χ0) is 15.4. The second kappa shape index (κ2) is 6.80. The molecule has 2 nitrogen and oxygen atoms in total. The van der Waals surface area contributed by atoms with E-state index in [9.17, 15) is 13.6 Å². The van der Waals surface area contributed by atoms with Crippen molar-refractivity contribution < 1.29 is 13.6 Å². The van der Waals surface area contributed by atoms with Crippen molar-refractivity contribution in [3.8, 4) is 0 Å². The third kappa shape index (κ3) is 4.36. The van der Waals surface area contributed by atoms with Crippen LogP contribution in [0.3, 0.4) is 0 Å². The fraction of sp³-hybridized carbons (Fsp3) is 0.188. The van der Waals surface area contributed by atoms with E-state index >= 15 is 0 Å². The predicted octanol–water partition coefficient (Wildman–Crippen LogP) is 4.15. The molecule has 0 saturated carbocycles. The minimum Gasteiger partial charge on any atom is -0.349 e. The van der Waals surface area contributed by atoms with E-state index in [4.69, 9.17) is 0 Å². The summed E-state index contributed by atoms with van der Waals surface area (Å²) < 4.78 is 27.2. The molecule has 2 rings (SSSR count). The van der Waals surface area contributed by atoms with Crippen molar-refractivity contribution in [2.75, 3.05) is 0 Å². The molecule has 1 unspecified atom stereocenters. The van der Waals surface area contributed by atoms with Crippen molar-refractivity contribution in [1.29, 1.82) is 0 Å². The summed E-state index contributed by atoms with van der Waals surface area (Å²) in [6, 6.07) is 10.6. The summed E-state index contributed by atoms with van der Waals surface area (Å²) >= 11 is 3.37. The normalized spacial score (nSPS) is 12.0. The molecule has 0 spiro atoms. The van der Waals surface area contributed by atoms with Crippen LogP contribution in [0.5, 0.6) is 0 Å². The molecule has 0 fully saturated rings. The molecule has 21 heavy (non-hydrogen) atoms. The first-order valence-electron chi connectivity index (χ1n) is 6.44. The minimum atomic E-state index is -0.708. The van der Waals surface area contributed by atoms with E-state index in [0.717, 1.165) is 22.2 Å². The highest BCUT2D eigenvalue weighted by Gasteiger charge is 2.13. The Bertz CT molecular complexity index is 660. The van der Waals surface area contributed by atoms with Gasteiger partial charge in [-0.25, -0.2) is 8.78 Å².